The smallest absolute Gasteiger partial charge is 0.226 e. The highest BCUT2D eigenvalue weighted by Gasteiger charge is 2.33. The summed E-state index contributed by atoms with van der Waals surface area (Å²) in [6.07, 6.45) is 7.49. The van der Waals surface area contributed by atoms with Gasteiger partial charge in [0.2, 0.25) is 11.7 Å². The Hall–Kier alpha value is -0.940. The van der Waals surface area contributed by atoms with Gasteiger partial charge >= 0.3 is 0 Å². The maximum absolute atomic E-state index is 5.63. The molecule has 1 aliphatic rings. The summed E-state index contributed by atoms with van der Waals surface area (Å²) in [5.41, 5.74) is -0.398. The van der Waals surface area contributed by atoms with Crippen molar-refractivity contribution in [3.8, 4) is 0 Å². The van der Waals surface area contributed by atoms with Crippen LogP contribution in [-0.4, -0.2) is 29.8 Å². The number of hydrogen-bond acceptors (Lipinski definition) is 5. The molecule has 5 heteroatoms. The molecule has 0 aromatic carbocycles. The van der Waals surface area contributed by atoms with E-state index >= 15 is 0 Å². The molecule has 0 saturated carbocycles. The standard InChI is InChI=1S/C15H27N3O2/c1-4-15(5-2,19-3)14-17-13(20-18-14)10-9-12-8-6-7-11-16-12/h12,16H,4-11H2,1-3H3. The highest BCUT2D eigenvalue weighted by Crippen LogP contribution is 2.30. The third kappa shape index (κ3) is 3.38. The molecule has 1 fully saturated rings. The second-order valence-corrected chi connectivity index (χ2v) is 5.60. The Labute approximate surface area is 121 Å². The molecule has 1 N–H and O–H groups in total. The Morgan fingerprint density at radius 2 is 2.15 bits per heavy atom. The fourth-order valence-corrected chi connectivity index (χ4v) is 2.96. The zero-order chi connectivity index (χ0) is 14.4. The molecule has 20 heavy (non-hydrogen) atoms. The molecule has 0 radical (unpaired) electrons. The van der Waals surface area contributed by atoms with Crippen LogP contribution < -0.4 is 5.32 Å². The lowest BCUT2D eigenvalue weighted by atomic mass is 9.96. The quantitative estimate of drug-likeness (QED) is 0.832. The van der Waals surface area contributed by atoms with Crippen LogP contribution in [0.2, 0.25) is 0 Å². The first-order valence-electron chi connectivity index (χ1n) is 7.85. The van der Waals surface area contributed by atoms with Crippen molar-refractivity contribution < 1.29 is 9.26 Å². The minimum atomic E-state index is -0.398. The van der Waals surface area contributed by atoms with Gasteiger partial charge in [-0.3, -0.25) is 0 Å². The lowest BCUT2D eigenvalue weighted by Crippen LogP contribution is -2.34. The van der Waals surface area contributed by atoms with Crippen molar-refractivity contribution in [2.24, 2.45) is 0 Å². The Morgan fingerprint density at radius 1 is 1.35 bits per heavy atom. The van der Waals surface area contributed by atoms with E-state index in [2.05, 4.69) is 29.3 Å². The highest BCUT2D eigenvalue weighted by atomic mass is 16.5. The number of hydrogen-bond donors (Lipinski definition) is 1. The third-order valence-electron chi connectivity index (χ3n) is 4.53. The fraction of sp³-hybridized carbons (Fsp3) is 0.867. The number of aromatic nitrogens is 2. The maximum atomic E-state index is 5.63. The monoisotopic (exact) mass is 281 g/mol. The van der Waals surface area contributed by atoms with Crippen molar-refractivity contribution in [2.45, 2.75) is 70.4 Å². The number of nitrogens with one attached hydrogen (secondary N) is 1. The zero-order valence-electron chi connectivity index (χ0n) is 12.9. The predicted molar refractivity (Wildman–Crippen MR) is 77.5 cm³/mol. The summed E-state index contributed by atoms with van der Waals surface area (Å²) >= 11 is 0. The van der Waals surface area contributed by atoms with Crippen molar-refractivity contribution >= 4 is 0 Å². The van der Waals surface area contributed by atoms with Gasteiger partial charge in [-0.05, 0) is 38.6 Å². The fourth-order valence-electron chi connectivity index (χ4n) is 2.96. The molecule has 0 spiro atoms. The maximum Gasteiger partial charge on any atom is 0.226 e. The molecule has 1 unspecified atom stereocenters. The molecule has 0 aliphatic carbocycles. The first-order valence-corrected chi connectivity index (χ1v) is 7.85. The van der Waals surface area contributed by atoms with Crippen LogP contribution in [0.4, 0.5) is 0 Å². The molecular weight excluding hydrogens is 254 g/mol. The van der Waals surface area contributed by atoms with Gasteiger partial charge in [0.15, 0.2) is 0 Å². The molecule has 1 aliphatic heterocycles. The van der Waals surface area contributed by atoms with Crippen LogP contribution in [0.1, 0.15) is 64.1 Å². The zero-order valence-corrected chi connectivity index (χ0v) is 12.9. The summed E-state index contributed by atoms with van der Waals surface area (Å²) in [6, 6.07) is 0.601. The third-order valence-corrected chi connectivity index (χ3v) is 4.53. The summed E-state index contributed by atoms with van der Waals surface area (Å²) in [5, 5.41) is 7.68. The van der Waals surface area contributed by atoms with E-state index in [-0.39, 0.29) is 0 Å². The van der Waals surface area contributed by atoms with Crippen LogP contribution in [0.5, 0.6) is 0 Å². The number of ether oxygens (including phenoxy) is 1. The Balaban J connectivity index is 1.94. The van der Waals surface area contributed by atoms with Crippen LogP contribution in [-0.2, 0) is 16.8 Å². The molecule has 5 nitrogen and oxygen atoms in total. The Kier molecular flexibility index (Phi) is 5.54. The van der Waals surface area contributed by atoms with E-state index < -0.39 is 5.60 Å². The van der Waals surface area contributed by atoms with Crippen LogP contribution in [0.25, 0.3) is 0 Å². The molecule has 2 heterocycles. The Bertz CT molecular complexity index is 387. The van der Waals surface area contributed by atoms with Crippen LogP contribution in [0.3, 0.4) is 0 Å². The van der Waals surface area contributed by atoms with Crippen molar-refractivity contribution in [2.75, 3.05) is 13.7 Å². The van der Waals surface area contributed by atoms with Crippen molar-refractivity contribution in [1.29, 1.82) is 0 Å². The average Bonchev–Trinajstić information content (AvgIpc) is 2.98. The van der Waals surface area contributed by atoms with E-state index in [1.54, 1.807) is 7.11 Å². The first kappa shape index (κ1) is 15.4. The van der Waals surface area contributed by atoms with Crippen molar-refractivity contribution in [3.05, 3.63) is 11.7 Å². The van der Waals surface area contributed by atoms with Crippen LogP contribution >= 0.6 is 0 Å². The normalized spacial score (nSPS) is 20.2. The van der Waals surface area contributed by atoms with E-state index in [0.29, 0.717) is 11.9 Å². The van der Waals surface area contributed by atoms with Crippen LogP contribution in [0.15, 0.2) is 4.52 Å². The molecule has 2 rings (SSSR count). The minimum Gasteiger partial charge on any atom is -0.370 e. The van der Waals surface area contributed by atoms with Gasteiger partial charge in [-0.2, -0.15) is 4.98 Å². The predicted octanol–water partition coefficient (Wildman–Crippen LogP) is 2.81. The van der Waals surface area contributed by atoms with E-state index in [0.717, 1.165) is 38.1 Å². The molecule has 0 bridgehead atoms. The van der Waals surface area contributed by atoms with Gasteiger partial charge in [0.05, 0.1) is 0 Å². The largest absolute Gasteiger partial charge is 0.370 e. The number of piperidine rings is 1. The summed E-state index contributed by atoms with van der Waals surface area (Å²) < 4.78 is 11.0. The van der Waals surface area contributed by atoms with Crippen LogP contribution in [0, 0.1) is 0 Å². The van der Waals surface area contributed by atoms with Gasteiger partial charge < -0.3 is 14.6 Å². The summed E-state index contributed by atoms with van der Waals surface area (Å²) in [6.45, 7) is 5.32. The van der Waals surface area contributed by atoms with Gasteiger partial charge in [-0.15, -0.1) is 0 Å². The lowest BCUT2D eigenvalue weighted by Gasteiger charge is -2.25. The van der Waals surface area contributed by atoms with E-state index in [1.807, 2.05) is 0 Å². The van der Waals surface area contributed by atoms with E-state index in [1.165, 1.54) is 19.3 Å². The molecule has 1 aromatic rings. The van der Waals surface area contributed by atoms with Crippen molar-refractivity contribution in [1.82, 2.24) is 15.5 Å². The Morgan fingerprint density at radius 3 is 2.75 bits per heavy atom. The second-order valence-electron chi connectivity index (χ2n) is 5.60. The van der Waals surface area contributed by atoms with Gasteiger partial charge in [-0.1, -0.05) is 25.4 Å². The number of rotatable bonds is 7. The highest BCUT2D eigenvalue weighted by molar-refractivity contribution is 5.01. The van der Waals surface area contributed by atoms with E-state index in [4.69, 9.17) is 9.26 Å². The molecule has 114 valence electrons. The molecule has 0 amide bonds. The number of methoxy groups -OCH3 is 1. The lowest BCUT2D eigenvalue weighted by molar-refractivity contribution is -0.0306. The average molecular weight is 281 g/mol. The van der Waals surface area contributed by atoms with Gasteiger partial charge in [-0.25, -0.2) is 0 Å². The second kappa shape index (κ2) is 7.18. The topological polar surface area (TPSA) is 60.2 Å². The SMILES string of the molecule is CCC(CC)(OC)c1noc(CCC2CCCCN2)n1. The summed E-state index contributed by atoms with van der Waals surface area (Å²) in [4.78, 5) is 4.55. The molecule has 1 atom stereocenters. The van der Waals surface area contributed by atoms with E-state index in [9.17, 15) is 0 Å². The summed E-state index contributed by atoms with van der Waals surface area (Å²) in [7, 11) is 1.72. The summed E-state index contributed by atoms with van der Waals surface area (Å²) in [5.74, 6) is 1.42. The first-order chi connectivity index (χ1) is 9.74. The number of nitrogens with zero attached hydrogens (tertiary/aromatic N) is 2. The van der Waals surface area contributed by atoms with Crippen molar-refractivity contribution in [3.63, 3.8) is 0 Å². The van der Waals surface area contributed by atoms with Gasteiger partial charge in [0.25, 0.3) is 0 Å². The molecular formula is C15H27N3O2. The molecule has 1 aromatic heterocycles. The van der Waals surface area contributed by atoms with Gasteiger partial charge in [0.1, 0.15) is 5.60 Å². The molecule has 1 saturated heterocycles. The van der Waals surface area contributed by atoms with Gasteiger partial charge in [0, 0.05) is 19.6 Å². The number of aryl methyl sites for hydroxylation is 1. The minimum absolute atomic E-state index is 0.398.